The van der Waals surface area contributed by atoms with Gasteiger partial charge in [0.05, 0.1) is 12.8 Å². The summed E-state index contributed by atoms with van der Waals surface area (Å²) in [5, 5.41) is 4.18. The molecule has 0 fully saturated rings. The monoisotopic (exact) mass is 478 g/mol. The number of carbonyl (C=O) groups excluding carboxylic acids is 1. The summed E-state index contributed by atoms with van der Waals surface area (Å²) in [4.78, 5) is 15.9. The third-order valence-electron chi connectivity index (χ3n) is 5.36. The molecule has 0 saturated heterocycles. The van der Waals surface area contributed by atoms with E-state index < -0.39 is 11.9 Å². The fourth-order valence-corrected chi connectivity index (χ4v) is 3.66. The van der Waals surface area contributed by atoms with Gasteiger partial charge < -0.3 is 15.2 Å². The Balaban J connectivity index is 1.59. The molecule has 2 N–H and O–H groups in total. The van der Waals surface area contributed by atoms with Crippen LogP contribution in [0.2, 0.25) is 0 Å². The van der Waals surface area contributed by atoms with Crippen LogP contribution in [0.1, 0.15) is 25.5 Å². The highest BCUT2D eigenvalue weighted by Gasteiger charge is 2.18. The number of ether oxygens (including phenoxy) is 2. The number of aromatic nitrogens is 3. The second kappa shape index (κ2) is 10.3. The van der Waals surface area contributed by atoms with Crippen molar-refractivity contribution in [3.05, 3.63) is 84.3 Å². The maximum absolute atomic E-state index is 14.1. The molecule has 7 nitrogen and oxygen atoms in total. The van der Waals surface area contributed by atoms with Gasteiger partial charge >= 0.3 is 5.97 Å². The number of nitrogens with two attached hydrogens (primary N) is 1. The lowest BCUT2D eigenvalue weighted by Crippen LogP contribution is -2.13. The van der Waals surface area contributed by atoms with Gasteiger partial charge in [0.15, 0.2) is 11.6 Å². The van der Waals surface area contributed by atoms with Crippen LogP contribution in [-0.4, -0.2) is 27.3 Å². The van der Waals surface area contributed by atoms with Crippen LogP contribution in [-0.2, 0) is 16.1 Å². The first-order valence-corrected chi connectivity index (χ1v) is 11.0. The molecule has 2 aromatic carbocycles. The molecule has 0 aliphatic carbocycles. The number of halogens is 2. The molecule has 4 aromatic rings. The predicted octanol–water partition coefficient (Wildman–Crippen LogP) is 5.18. The van der Waals surface area contributed by atoms with Crippen LogP contribution in [0.4, 0.5) is 14.6 Å². The van der Waals surface area contributed by atoms with Crippen molar-refractivity contribution in [1.29, 1.82) is 0 Å². The molecule has 0 amide bonds. The second-order valence-electron chi connectivity index (χ2n) is 7.84. The number of pyridine rings is 1. The highest BCUT2D eigenvalue weighted by molar-refractivity contribution is 5.70. The van der Waals surface area contributed by atoms with E-state index in [-0.39, 0.29) is 24.1 Å². The Labute approximate surface area is 201 Å². The molecule has 0 aliphatic heterocycles. The van der Waals surface area contributed by atoms with Gasteiger partial charge in [-0.2, -0.15) is 5.10 Å². The van der Waals surface area contributed by atoms with Crippen molar-refractivity contribution >= 4 is 11.8 Å². The van der Waals surface area contributed by atoms with Crippen LogP contribution in [0.25, 0.3) is 22.3 Å². The Morgan fingerprint density at radius 2 is 1.77 bits per heavy atom. The minimum atomic E-state index is -0.600. The highest BCUT2D eigenvalue weighted by atomic mass is 19.1. The predicted molar refractivity (Wildman–Crippen MR) is 127 cm³/mol. The average molecular weight is 478 g/mol. The molecular formula is C26H24F2N4O3. The molecular weight excluding hydrogens is 454 g/mol. The van der Waals surface area contributed by atoms with Gasteiger partial charge in [0, 0.05) is 29.1 Å². The van der Waals surface area contributed by atoms with Crippen molar-refractivity contribution in [2.24, 2.45) is 0 Å². The lowest BCUT2D eigenvalue weighted by atomic mass is 9.96. The normalized spacial score (nSPS) is 11.8. The number of nitrogen functional groups attached to an aromatic ring is 1. The smallest absolute Gasteiger partial charge is 0.327 e. The van der Waals surface area contributed by atoms with Gasteiger partial charge in [-0.3, -0.25) is 9.48 Å². The third-order valence-corrected chi connectivity index (χ3v) is 5.36. The maximum atomic E-state index is 14.1. The molecule has 4 rings (SSSR count). The third kappa shape index (κ3) is 5.63. The summed E-state index contributed by atoms with van der Waals surface area (Å²) < 4.78 is 40.1. The Bertz CT molecular complexity index is 1340. The van der Waals surface area contributed by atoms with E-state index in [0.29, 0.717) is 34.6 Å². The molecule has 1 atom stereocenters. The molecule has 0 unspecified atom stereocenters. The van der Waals surface area contributed by atoms with Gasteiger partial charge in [-0.25, -0.2) is 13.8 Å². The van der Waals surface area contributed by atoms with Crippen molar-refractivity contribution in [3.8, 4) is 28.0 Å². The molecule has 35 heavy (non-hydrogen) atoms. The zero-order valence-corrected chi connectivity index (χ0v) is 19.2. The minimum Gasteiger partial charge on any atom is -0.482 e. The molecule has 0 saturated carbocycles. The van der Waals surface area contributed by atoms with Gasteiger partial charge in [0.1, 0.15) is 24.3 Å². The van der Waals surface area contributed by atoms with E-state index in [1.54, 1.807) is 56.7 Å². The van der Waals surface area contributed by atoms with E-state index in [0.717, 1.165) is 5.56 Å². The van der Waals surface area contributed by atoms with Gasteiger partial charge in [-0.1, -0.05) is 18.2 Å². The number of anilines is 1. The first-order chi connectivity index (χ1) is 16.8. The number of hydrogen-bond donors (Lipinski definition) is 1. The van der Waals surface area contributed by atoms with Crippen molar-refractivity contribution in [3.63, 3.8) is 0 Å². The largest absolute Gasteiger partial charge is 0.482 e. The number of hydrogen-bond acceptors (Lipinski definition) is 6. The molecule has 2 aromatic heterocycles. The number of rotatable bonds is 8. The lowest BCUT2D eigenvalue weighted by Gasteiger charge is -2.20. The Morgan fingerprint density at radius 1 is 1.03 bits per heavy atom. The second-order valence-corrected chi connectivity index (χ2v) is 7.84. The van der Waals surface area contributed by atoms with Crippen molar-refractivity contribution in [2.45, 2.75) is 26.5 Å². The van der Waals surface area contributed by atoms with E-state index in [1.165, 1.54) is 28.9 Å². The molecule has 0 spiro atoms. The Kier molecular flexibility index (Phi) is 7.05. The molecule has 2 heterocycles. The van der Waals surface area contributed by atoms with E-state index in [2.05, 4.69) is 10.1 Å². The summed E-state index contributed by atoms with van der Waals surface area (Å²) >= 11 is 0. The van der Waals surface area contributed by atoms with Crippen LogP contribution in [0.15, 0.2) is 67.1 Å². The summed E-state index contributed by atoms with van der Waals surface area (Å²) in [5.74, 6) is -0.692. The molecule has 9 heteroatoms. The summed E-state index contributed by atoms with van der Waals surface area (Å²) in [6.45, 7) is 3.79. The summed E-state index contributed by atoms with van der Waals surface area (Å²) in [7, 11) is 0. The molecule has 180 valence electrons. The zero-order chi connectivity index (χ0) is 24.9. The standard InChI is InChI=1S/C26H24F2N4O3/c1-3-34-25(33)15-32-14-19(13-31-32)18-10-24(26(29)30-12-18)35-16(2)23-11-21(28)8-9-22(23)17-4-6-20(27)7-5-17/h4-14,16H,3,15H2,1-2H3,(H2,29,30)/t16-/m1/s1. The van der Waals surface area contributed by atoms with Crippen LogP contribution in [0.3, 0.4) is 0 Å². The molecule has 0 radical (unpaired) electrons. The molecule has 0 aliphatic rings. The van der Waals surface area contributed by atoms with Crippen LogP contribution in [0, 0.1) is 11.6 Å². The van der Waals surface area contributed by atoms with Gasteiger partial charge in [-0.15, -0.1) is 0 Å². The number of nitrogens with zero attached hydrogens (tertiary/aromatic N) is 3. The van der Waals surface area contributed by atoms with Crippen LogP contribution in [0.5, 0.6) is 5.75 Å². The topological polar surface area (TPSA) is 92.3 Å². The van der Waals surface area contributed by atoms with Crippen molar-refractivity contribution in [1.82, 2.24) is 14.8 Å². The molecule has 0 bridgehead atoms. The SMILES string of the molecule is CCOC(=O)Cn1cc(-c2cnc(N)c(O[C@H](C)c3cc(F)ccc3-c3ccc(F)cc3)c2)cn1. The van der Waals surface area contributed by atoms with Crippen LogP contribution >= 0.6 is 0 Å². The first-order valence-electron chi connectivity index (χ1n) is 11.0. The number of carbonyl (C=O) groups is 1. The number of esters is 1. The maximum Gasteiger partial charge on any atom is 0.327 e. The van der Waals surface area contributed by atoms with Gasteiger partial charge in [-0.05, 0) is 55.3 Å². The summed E-state index contributed by atoms with van der Waals surface area (Å²) in [5.41, 5.74) is 9.45. The van der Waals surface area contributed by atoms with E-state index >= 15 is 0 Å². The minimum absolute atomic E-state index is 0.0115. The number of benzene rings is 2. The Hall–Kier alpha value is -4.27. The highest BCUT2D eigenvalue weighted by Crippen LogP contribution is 2.34. The quantitative estimate of drug-likeness (QED) is 0.351. The van der Waals surface area contributed by atoms with E-state index in [4.69, 9.17) is 15.2 Å². The zero-order valence-electron chi connectivity index (χ0n) is 19.2. The van der Waals surface area contributed by atoms with E-state index in [1.807, 2.05) is 0 Å². The fourth-order valence-electron chi connectivity index (χ4n) is 3.66. The first kappa shape index (κ1) is 23.9. The fraction of sp³-hybridized carbons (Fsp3) is 0.192. The van der Waals surface area contributed by atoms with E-state index in [9.17, 15) is 13.6 Å². The van der Waals surface area contributed by atoms with Gasteiger partial charge in [0.25, 0.3) is 0 Å². The van der Waals surface area contributed by atoms with Gasteiger partial charge in [0.2, 0.25) is 0 Å². The van der Waals surface area contributed by atoms with Crippen molar-refractivity contribution in [2.75, 3.05) is 12.3 Å². The Morgan fingerprint density at radius 3 is 2.51 bits per heavy atom. The van der Waals surface area contributed by atoms with Crippen molar-refractivity contribution < 1.29 is 23.0 Å². The lowest BCUT2D eigenvalue weighted by molar-refractivity contribution is -0.144. The summed E-state index contributed by atoms with van der Waals surface area (Å²) in [6, 6.07) is 12.0. The van der Waals surface area contributed by atoms with Crippen LogP contribution < -0.4 is 10.5 Å². The average Bonchev–Trinajstić information content (AvgIpc) is 3.29. The summed E-state index contributed by atoms with van der Waals surface area (Å²) in [6.07, 6.45) is 4.26.